The number of carboxylic acid groups (broad SMARTS) is 1. The lowest BCUT2D eigenvalue weighted by Crippen LogP contribution is -2.44. The summed E-state index contributed by atoms with van der Waals surface area (Å²) in [7, 11) is 1.60. The van der Waals surface area contributed by atoms with E-state index in [1.807, 2.05) is 29.2 Å². The Morgan fingerprint density at radius 3 is 2.86 bits per heavy atom. The summed E-state index contributed by atoms with van der Waals surface area (Å²) in [6, 6.07) is 12.3. The van der Waals surface area contributed by atoms with Crippen LogP contribution in [-0.4, -0.2) is 52.8 Å². The van der Waals surface area contributed by atoms with Crippen molar-refractivity contribution in [3.05, 3.63) is 71.2 Å². The lowest BCUT2D eigenvalue weighted by atomic mass is 9.81. The largest absolute Gasteiger partial charge is 0.497 e. The van der Waals surface area contributed by atoms with Gasteiger partial charge in [-0.2, -0.15) is 0 Å². The minimum Gasteiger partial charge on any atom is -0.497 e. The number of hydrogen-bond donors (Lipinski definition) is 2. The lowest BCUT2D eigenvalue weighted by molar-refractivity contribution is -0.146. The number of likely N-dealkylation sites (tertiary alicyclic amines) is 1. The fourth-order valence-electron chi connectivity index (χ4n) is 4.85. The Hall–Kier alpha value is -3.47. The van der Waals surface area contributed by atoms with Crippen LogP contribution in [-0.2, 0) is 4.79 Å². The van der Waals surface area contributed by atoms with Crippen molar-refractivity contribution in [1.29, 1.82) is 0 Å². The van der Waals surface area contributed by atoms with Gasteiger partial charge in [0.15, 0.2) is 0 Å². The topological polar surface area (TPSA) is 82.9 Å². The third-order valence-electron chi connectivity index (χ3n) is 7.02. The van der Waals surface area contributed by atoms with Crippen LogP contribution in [0.15, 0.2) is 48.7 Å². The Labute approximate surface area is 210 Å². The highest BCUT2D eigenvalue weighted by molar-refractivity contribution is 5.83. The molecule has 0 bridgehead atoms. The molecule has 2 heterocycles. The number of halogens is 1. The normalized spacial score (nSPS) is 18.9. The zero-order valence-electron chi connectivity index (χ0n) is 20.6. The van der Waals surface area contributed by atoms with Gasteiger partial charge in [-0.15, -0.1) is 0 Å². The summed E-state index contributed by atoms with van der Waals surface area (Å²) in [6.45, 7) is 3.27. The fraction of sp³-hybridized carbons (Fsp3) is 0.379. The summed E-state index contributed by atoms with van der Waals surface area (Å²) in [5.41, 5.74) is 2.73. The molecule has 1 saturated heterocycles. The highest BCUT2D eigenvalue weighted by atomic mass is 19.1. The van der Waals surface area contributed by atoms with E-state index >= 15 is 0 Å². The van der Waals surface area contributed by atoms with Gasteiger partial charge in [-0.05, 0) is 86.2 Å². The first-order chi connectivity index (χ1) is 17.4. The van der Waals surface area contributed by atoms with Crippen molar-refractivity contribution in [3.63, 3.8) is 0 Å². The minimum absolute atomic E-state index is 0.0322. The monoisotopic (exact) mass is 490 g/mol. The standard InChI is InChI=1S/C29H31FN2O4/c1-19-5-6-20(16-26(19)30)4-3-14-32-15-12-21(25(18-32)29(34)35)7-10-28(33)23-11-13-31-27-9-8-22(36-2)17-24(23)27/h5-6,8-9,11,13,16-17,21,25,28,33H,7,10,12,14-15,18H2,1-2H3,(H,34,35)/t21-,25+,28?/m1/s1. The van der Waals surface area contributed by atoms with E-state index in [0.29, 0.717) is 42.8 Å². The lowest BCUT2D eigenvalue weighted by Gasteiger charge is -2.36. The Morgan fingerprint density at radius 1 is 1.28 bits per heavy atom. The number of aliphatic carboxylic acids is 1. The predicted molar refractivity (Wildman–Crippen MR) is 136 cm³/mol. The Kier molecular flexibility index (Phi) is 8.19. The predicted octanol–water partition coefficient (Wildman–Crippen LogP) is 4.58. The van der Waals surface area contributed by atoms with Gasteiger partial charge in [0.05, 0.1) is 31.2 Å². The number of hydrogen-bond acceptors (Lipinski definition) is 5. The number of pyridine rings is 1. The number of carboxylic acids is 1. The minimum atomic E-state index is -0.827. The molecule has 3 atom stereocenters. The third-order valence-corrected chi connectivity index (χ3v) is 7.02. The molecule has 1 aromatic heterocycles. The SMILES string of the molecule is COc1ccc2nccc(C(O)CC[C@@H]3CCN(CC#Cc4ccc(C)c(F)c4)C[C@@H]3C(=O)O)c2c1. The summed E-state index contributed by atoms with van der Waals surface area (Å²) in [5, 5.41) is 21.7. The number of aliphatic hydroxyl groups excluding tert-OH is 1. The molecule has 4 rings (SSSR count). The van der Waals surface area contributed by atoms with E-state index in [-0.39, 0.29) is 11.7 Å². The van der Waals surface area contributed by atoms with Crippen LogP contribution in [0.2, 0.25) is 0 Å². The number of nitrogens with zero attached hydrogens (tertiary/aromatic N) is 2. The second-order valence-corrected chi connectivity index (χ2v) is 9.37. The summed E-state index contributed by atoms with van der Waals surface area (Å²) < 4.78 is 19.0. The first-order valence-electron chi connectivity index (χ1n) is 12.2. The van der Waals surface area contributed by atoms with Gasteiger partial charge >= 0.3 is 5.97 Å². The van der Waals surface area contributed by atoms with Gasteiger partial charge in [0, 0.05) is 23.7 Å². The van der Waals surface area contributed by atoms with Crippen LogP contribution in [0.25, 0.3) is 10.9 Å². The molecule has 0 aliphatic carbocycles. The number of ether oxygens (including phenoxy) is 1. The van der Waals surface area contributed by atoms with Gasteiger partial charge in [-0.1, -0.05) is 17.9 Å². The van der Waals surface area contributed by atoms with Crippen LogP contribution in [0.4, 0.5) is 4.39 Å². The third kappa shape index (κ3) is 6.01. The zero-order chi connectivity index (χ0) is 25.7. The van der Waals surface area contributed by atoms with E-state index < -0.39 is 18.0 Å². The van der Waals surface area contributed by atoms with Crippen molar-refractivity contribution in [2.24, 2.45) is 11.8 Å². The van der Waals surface area contributed by atoms with Crippen LogP contribution in [0.1, 0.15) is 42.1 Å². The summed E-state index contributed by atoms with van der Waals surface area (Å²) >= 11 is 0. The number of piperidine rings is 1. The smallest absolute Gasteiger partial charge is 0.308 e. The molecule has 0 amide bonds. The molecule has 36 heavy (non-hydrogen) atoms. The molecule has 1 aliphatic heterocycles. The van der Waals surface area contributed by atoms with Crippen LogP contribution < -0.4 is 4.74 Å². The molecule has 1 aliphatic rings. The molecule has 0 radical (unpaired) electrons. The average Bonchev–Trinajstić information content (AvgIpc) is 2.88. The summed E-state index contributed by atoms with van der Waals surface area (Å²) in [6.07, 6.45) is 2.74. The molecule has 188 valence electrons. The number of aryl methyl sites for hydroxylation is 1. The Balaban J connectivity index is 1.37. The highest BCUT2D eigenvalue weighted by Crippen LogP contribution is 2.33. The molecule has 2 aromatic carbocycles. The van der Waals surface area contributed by atoms with E-state index in [2.05, 4.69) is 16.8 Å². The van der Waals surface area contributed by atoms with Gasteiger partial charge < -0.3 is 14.9 Å². The van der Waals surface area contributed by atoms with Gasteiger partial charge in [0.25, 0.3) is 0 Å². The maximum Gasteiger partial charge on any atom is 0.308 e. The van der Waals surface area contributed by atoms with Crippen molar-refractivity contribution < 1.29 is 24.1 Å². The zero-order valence-corrected chi connectivity index (χ0v) is 20.6. The van der Waals surface area contributed by atoms with Gasteiger partial charge in [0.1, 0.15) is 11.6 Å². The molecule has 0 saturated carbocycles. The summed E-state index contributed by atoms with van der Waals surface area (Å²) in [4.78, 5) is 18.4. The number of carbonyl (C=O) groups is 1. The number of fused-ring (bicyclic) bond motifs is 1. The first kappa shape index (κ1) is 25.6. The van der Waals surface area contributed by atoms with E-state index in [1.165, 1.54) is 6.07 Å². The second kappa shape index (κ2) is 11.5. The van der Waals surface area contributed by atoms with Crippen molar-refractivity contribution in [2.75, 3.05) is 26.7 Å². The van der Waals surface area contributed by atoms with E-state index in [0.717, 1.165) is 29.4 Å². The first-order valence-corrected chi connectivity index (χ1v) is 12.2. The molecule has 0 spiro atoms. The number of aliphatic hydroxyl groups is 1. The highest BCUT2D eigenvalue weighted by Gasteiger charge is 2.34. The van der Waals surface area contributed by atoms with Gasteiger partial charge in [-0.25, -0.2) is 4.39 Å². The molecule has 2 N–H and O–H groups in total. The number of methoxy groups -OCH3 is 1. The molecular formula is C29H31FN2O4. The average molecular weight is 491 g/mol. The van der Waals surface area contributed by atoms with Crippen molar-refractivity contribution in [1.82, 2.24) is 9.88 Å². The molecule has 1 fully saturated rings. The molecule has 7 heteroatoms. The van der Waals surface area contributed by atoms with Crippen LogP contribution in [0, 0.1) is 36.4 Å². The van der Waals surface area contributed by atoms with Crippen LogP contribution in [0.5, 0.6) is 5.75 Å². The Morgan fingerprint density at radius 2 is 2.11 bits per heavy atom. The summed E-state index contributed by atoms with van der Waals surface area (Å²) in [5.74, 6) is 5.04. The fourth-order valence-corrected chi connectivity index (χ4v) is 4.85. The maximum absolute atomic E-state index is 13.7. The van der Waals surface area contributed by atoms with Gasteiger partial charge in [0.2, 0.25) is 0 Å². The molecule has 6 nitrogen and oxygen atoms in total. The second-order valence-electron chi connectivity index (χ2n) is 9.37. The number of benzene rings is 2. The number of rotatable bonds is 7. The van der Waals surface area contributed by atoms with E-state index in [4.69, 9.17) is 4.74 Å². The Bertz CT molecular complexity index is 1300. The quantitative estimate of drug-likeness (QED) is 0.472. The van der Waals surface area contributed by atoms with E-state index in [1.54, 1.807) is 32.4 Å². The molecule has 1 unspecified atom stereocenters. The maximum atomic E-state index is 13.7. The molecule has 3 aromatic rings. The van der Waals surface area contributed by atoms with Crippen LogP contribution in [0.3, 0.4) is 0 Å². The van der Waals surface area contributed by atoms with Crippen LogP contribution >= 0.6 is 0 Å². The molecular weight excluding hydrogens is 459 g/mol. The van der Waals surface area contributed by atoms with Crippen molar-refractivity contribution in [3.8, 4) is 17.6 Å². The van der Waals surface area contributed by atoms with Crippen molar-refractivity contribution >= 4 is 16.9 Å². The van der Waals surface area contributed by atoms with E-state index in [9.17, 15) is 19.4 Å². The number of aromatic nitrogens is 1. The van der Waals surface area contributed by atoms with Gasteiger partial charge in [-0.3, -0.25) is 14.7 Å². The van der Waals surface area contributed by atoms with Crippen molar-refractivity contribution in [2.45, 2.75) is 32.3 Å².